The van der Waals surface area contributed by atoms with Crippen LogP contribution in [0.4, 0.5) is 0 Å². The van der Waals surface area contributed by atoms with Crippen molar-refractivity contribution < 1.29 is 0 Å². The second-order valence-corrected chi connectivity index (χ2v) is 7.40. The largest absolute Gasteiger partial charge is 0.0880 e. The third-order valence-electron chi connectivity index (χ3n) is 5.52. The fourth-order valence-corrected chi connectivity index (χ4v) is 4.58. The summed E-state index contributed by atoms with van der Waals surface area (Å²) in [6.07, 6.45) is 13.7. The van der Waals surface area contributed by atoms with Crippen LogP contribution >= 0.6 is 0 Å². The Balaban J connectivity index is 1.93. The highest BCUT2D eigenvalue weighted by atomic mass is 14.5. The first-order valence-electron chi connectivity index (χ1n) is 8.26. The monoisotopic (exact) mass is 248 g/mol. The van der Waals surface area contributed by atoms with Crippen LogP contribution in [0.5, 0.6) is 0 Å². The SMILES string of the molecule is CC(C)C/C=C/C(C)C1CCC2CCC[C@@H](C)C21. The fraction of sp³-hybridized carbons (Fsp3) is 0.889. The van der Waals surface area contributed by atoms with Gasteiger partial charge in [-0.15, -0.1) is 0 Å². The molecule has 0 aromatic carbocycles. The molecule has 0 spiro atoms. The Kier molecular flexibility index (Phi) is 4.92. The smallest absolute Gasteiger partial charge is 0.0231 e. The van der Waals surface area contributed by atoms with Crippen molar-refractivity contribution in [3.63, 3.8) is 0 Å². The standard InChI is InChI=1S/C18H32/c1-13(2)7-5-8-14(3)17-12-11-16-10-6-9-15(4)18(16)17/h5,8,13-18H,6-7,9-12H2,1-4H3/b8-5+/t14?,15-,16?,17?,18?/m1/s1. The summed E-state index contributed by atoms with van der Waals surface area (Å²) in [5.41, 5.74) is 0. The van der Waals surface area contributed by atoms with Gasteiger partial charge in [0.1, 0.15) is 0 Å². The van der Waals surface area contributed by atoms with E-state index in [2.05, 4.69) is 39.8 Å². The summed E-state index contributed by atoms with van der Waals surface area (Å²) in [6, 6.07) is 0. The van der Waals surface area contributed by atoms with E-state index >= 15 is 0 Å². The van der Waals surface area contributed by atoms with Crippen molar-refractivity contribution in [2.24, 2.45) is 35.5 Å². The van der Waals surface area contributed by atoms with E-state index in [0.717, 1.165) is 35.5 Å². The van der Waals surface area contributed by atoms with E-state index in [1.165, 1.54) is 38.5 Å². The van der Waals surface area contributed by atoms with Crippen molar-refractivity contribution in [2.75, 3.05) is 0 Å². The molecule has 104 valence electrons. The zero-order valence-corrected chi connectivity index (χ0v) is 12.9. The predicted octanol–water partition coefficient (Wildman–Crippen LogP) is 5.69. The van der Waals surface area contributed by atoms with E-state index in [0.29, 0.717) is 0 Å². The molecule has 5 atom stereocenters. The van der Waals surface area contributed by atoms with Gasteiger partial charge < -0.3 is 0 Å². The summed E-state index contributed by atoms with van der Waals surface area (Å²) in [5.74, 6) is 5.68. The van der Waals surface area contributed by atoms with Gasteiger partial charge in [-0.25, -0.2) is 0 Å². The topological polar surface area (TPSA) is 0 Å². The summed E-state index contributed by atoms with van der Waals surface area (Å²) in [4.78, 5) is 0. The molecule has 0 saturated heterocycles. The molecule has 0 amide bonds. The molecule has 0 radical (unpaired) electrons. The molecule has 0 heteroatoms. The van der Waals surface area contributed by atoms with E-state index in [-0.39, 0.29) is 0 Å². The minimum Gasteiger partial charge on any atom is -0.0880 e. The van der Waals surface area contributed by atoms with E-state index in [1.54, 1.807) is 0 Å². The molecule has 2 aliphatic rings. The maximum atomic E-state index is 2.52. The summed E-state index contributed by atoms with van der Waals surface area (Å²) in [6.45, 7) is 9.60. The zero-order chi connectivity index (χ0) is 13.1. The second kappa shape index (κ2) is 6.26. The van der Waals surface area contributed by atoms with Crippen LogP contribution < -0.4 is 0 Å². The fourth-order valence-electron chi connectivity index (χ4n) is 4.58. The number of fused-ring (bicyclic) bond motifs is 1. The van der Waals surface area contributed by atoms with Crippen LogP contribution in [0.25, 0.3) is 0 Å². The Labute approximate surface area is 114 Å². The van der Waals surface area contributed by atoms with E-state index in [9.17, 15) is 0 Å². The van der Waals surface area contributed by atoms with Crippen molar-refractivity contribution in [2.45, 2.75) is 66.2 Å². The van der Waals surface area contributed by atoms with Crippen LogP contribution in [0.1, 0.15) is 66.2 Å². The quantitative estimate of drug-likeness (QED) is 0.561. The Morgan fingerprint density at radius 2 is 1.83 bits per heavy atom. The van der Waals surface area contributed by atoms with Crippen LogP contribution in [0.2, 0.25) is 0 Å². The molecule has 4 unspecified atom stereocenters. The maximum Gasteiger partial charge on any atom is -0.0231 e. The Bertz CT molecular complexity index is 276. The van der Waals surface area contributed by atoms with Crippen LogP contribution in [0, 0.1) is 35.5 Å². The highest BCUT2D eigenvalue weighted by molar-refractivity contribution is 4.98. The second-order valence-electron chi connectivity index (χ2n) is 7.40. The predicted molar refractivity (Wildman–Crippen MR) is 80.5 cm³/mol. The van der Waals surface area contributed by atoms with Gasteiger partial charge in [0.25, 0.3) is 0 Å². The number of rotatable bonds is 4. The molecule has 2 fully saturated rings. The molecule has 2 rings (SSSR count). The molecule has 0 N–H and O–H groups in total. The summed E-state index contributed by atoms with van der Waals surface area (Å²) >= 11 is 0. The first kappa shape index (κ1) is 14.2. The van der Waals surface area contributed by atoms with Crippen molar-refractivity contribution >= 4 is 0 Å². The van der Waals surface area contributed by atoms with Gasteiger partial charge in [-0.2, -0.15) is 0 Å². The lowest BCUT2D eigenvalue weighted by Crippen LogP contribution is -2.29. The van der Waals surface area contributed by atoms with Gasteiger partial charge in [0.15, 0.2) is 0 Å². The van der Waals surface area contributed by atoms with E-state index < -0.39 is 0 Å². The zero-order valence-electron chi connectivity index (χ0n) is 12.9. The van der Waals surface area contributed by atoms with Crippen LogP contribution in [0.15, 0.2) is 12.2 Å². The number of hydrogen-bond acceptors (Lipinski definition) is 0. The van der Waals surface area contributed by atoms with Gasteiger partial charge in [-0.05, 0) is 54.8 Å². The van der Waals surface area contributed by atoms with Crippen molar-refractivity contribution in [1.82, 2.24) is 0 Å². The van der Waals surface area contributed by atoms with Gasteiger partial charge in [0.2, 0.25) is 0 Å². The average molecular weight is 248 g/mol. The summed E-state index contributed by atoms with van der Waals surface area (Å²) in [7, 11) is 0. The van der Waals surface area contributed by atoms with Gasteiger partial charge >= 0.3 is 0 Å². The summed E-state index contributed by atoms with van der Waals surface area (Å²) in [5, 5.41) is 0. The minimum atomic E-state index is 0.804. The molecule has 0 heterocycles. The van der Waals surface area contributed by atoms with Gasteiger partial charge in [-0.1, -0.05) is 59.1 Å². The summed E-state index contributed by atoms with van der Waals surface area (Å²) < 4.78 is 0. The molecular weight excluding hydrogens is 216 g/mol. The van der Waals surface area contributed by atoms with Crippen LogP contribution in [-0.2, 0) is 0 Å². The molecule has 2 aliphatic carbocycles. The van der Waals surface area contributed by atoms with Gasteiger partial charge in [0.05, 0.1) is 0 Å². The molecule has 0 bridgehead atoms. The minimum absolute atomic E-state index is 0.804. The maximum absolute atomic E-state index is 2.52. The van der Waals surface area contributed by atoms with Gasteiger partial charge in [0, 0.05) is 0 Å². The first-order valence-corrected chi connectivity index (χ1v) is 8.26. The van der Waals surface area contributed by atoms with E-state index in [1.807, 2.05) is 0 Å². The molecule has 18 heavy (non-hydrogen) atoms. The average Bonchev–Trinajstić information content (AvgIpc) is 2.73. The van der Waals surface area contributed by atoms with E-state index in [4.69, 9.17) is 0 Å². The Hall–Kier alpha value is -0.260. The molecule has 0 aromatic rings. The highest BCUT2D eigenvalue weighted by Crippen LogP contribution is 2.51. The molecule has 2 saturated carbocycles. The normalized spacial score (nSPS) is 38.3. The lowest BCUT2D eigenvalue weighted by atomic mass is 9.69. The van der Waals surface area contributed by atoms with Crippen LogP contribution in [-0.4, -0.2) is 0 Å². The van der Waals surface area contributed by atoms with Crippen molar-refractivity contribution in [3.05, 3.63) is 12.2 Å². The third kappa shape index (κ3) is 3.19. The lowest BCUT2D eigenvalue weighted by Gasteiger charge is -2.37. The molecular formula is C18H32. The third-order valence-corrected chi connectivity index (χ3v) is 5.52. The number of hydrogen-bond donors (Lipinski definition) is 0. The molecule has 0 aromatic heterocycles. The Morgan fingerprint density at radius 1 is 1.06 bits per heavy atom. The van der Waals surface area contributed by atoms with Crippen molar-refractivity contribution in [1.29, 1.82) is 0 Å². The molecule has 0 nitrogen and oxygen atoms in total. The first-order chi connectivity index (χ1) is 8.59. The Morgan fingerprint density at radius 3 is 2.56 bits per heavy atom. The van der Waals surface area contributed by atoms with Crippen LogP contribution in [0.3, 0.4) is 0 Å². The number of allylic oxidation sites excluding steroid dienone is 2. The van der Waals surface area contributed by atoms with Crippen molar-refractivity contribution in [3.8, 4) is 0 Å². The highest BCUT2D eigenvalue weighted by Gasteiger charge is 2.42. The molecule has 0 aliphatic heterocycles. The van der Waals surface area contributed by atoms with Gasteiger partial charge in [-0.3, -0.25) is 0 Å². The lowest BCUT2D eigenvalue weighted by molar-refractivity contribution is 0.136.